The highest BCUT2D eigenvalue weighted by atomic mass is 32.1. The molecule has 0 atom stereocenters. The largest absolute Gasteiger partial charge is 0.496 e. The van der Waals surface area contributed by atoms with E-state index >= 15 is 0 Å². The minimum atomic E-state index is -0.448. The minimum Gasteiger partial charge on any atom is -0.496 e. The van der Waals surface area contributed by atoms with E-state index in [1.54, 1.807) is 30.6 Å². The van der Waals surface area contributed by atoms with Crippen LogP contribution in [-0.4, -0.2) is 19.1 Å². The van der Waals surface area contributed by atoms with Gasteiger partial charge in [-0.2, -0.15) is 0 Å². The Balaban J connectivity index is 1.96. The van der Waals surface area contributed by atoms with E-state index in [-0.39, 0.29) is 11.4 Å². The number of fused-ring (bicyclic) bond motifs is 1. The zero-order valence-corrected chi connectivity index (χ0v) is 14.0. The Morgan fingerprint density at radius 2 is 1.75 bits per heavy atom. The Hall–Kier alpha value is -2.86. The van der Waals surface area contributed by atoms with Crippen molar-refractivity contribution in [3.8, 4) is 11.5 Å². The van der Waals surface area contributed by atoms with Crippen molar-refractivity contribution < 1.29 is 14.4 Å². The van der Waals surface area contributed by atoms with Gasteiger partial charge >= 0.3 is 5.69 Å². The first kappa shape index (κ1) is 16.0. The highest BCUT2D eigenvalue weighted by Gasteiger charge is 2.14. The summed E-state index contributed by atoms with van der Waals surface area (Å²) < 4.78 is 11.6. The van der Waals surface area contributed by atoms with Gasteiger partial charge in [-0.05, 0) is 40.8 Å². The van der Waals surface area contributed by atoms with Crippen molar-refractivity contribution in [3.05, 3.63) is 63.0 Å². The monoisotopic (exact) mass is 341 g/mol. The Labute approximate surface area is 142 Å². The van der Waals surface area contributed by atoms with E-state index in [1.807, 2.05) is 29.7 Å². The van der Waals surface area contributed by atoms with Gasteiger partial charge in [0.15, 0.2) is 5.75 Å². The Morgan fingerprint density at radius 1 is 1.00 bits per heavy atom. The molecular weight excluding hydrogens is 326 g/mol. The van der Waals surface area contributed by atoms with Gasteiger partial charge in [0.2, 0.25) is 0 Å². The maximum atomic E-state index is 11.1. The van der Waals surface area contributed by atoms with Crippen molar-refractivity contribution in [2.75, 3.05) is 14.2 Å². The van der Waals surface area contributed by atoms with Gasteiger partial charge in [-0.1, -0.05) is 18.2 Å². The summed E-state index contributed by atoms with van der Waals surface area (Å²) >= 11 is 1.64. The number of nitrogens with zero attached hydrogens (tertiary/aromatic N) is 1. The average molecular weight is 341 g/mol. The van der Waals surface area contributed by atoms with E-state index in [1.165, 1.54) is 13.2 Å². The van der Waals surface area contributed by atoms with Crippen LogP contribution >= 0.6 is 11.3 Å². The highest BCUT2D eigenvalue weighted by molar-refractivity contribution is 7.17. The van der Waals surface area contributed by atoms with E-state index in [4.69, 9.17) is 9.47 Å². The third kappa shape index (κ3) is 3.09. The zero-order chi connectivity index (χ0) is 17.1. The zero-order valence-electron chi connectivity index (χ0n) is 13.2. The molecule has 6 heteroatoms. The Kier molecular flexibility index (Phi) is 4.48. The number of nitro groups is 1. The topological polar surface area (TPSA) is 61.6 Å². The van der Waals surface area contributed by atoms with Crippen molar-refractivity contribution in [1.29, 1.82) is 0 Å². The maximum Gasteiger partial charge on any atom is 0.311 e. The SMILES string of the molecule is COc1ccc(/C=C/c2cc(OC)c3ccsc3c2)cc1[N+](=O)[O-]. The summed E-state index contributed by atoms with van der Waals surface area (Å²) in [4.78, 5) is 10.6. The molecule has 0 aliphatic heterocycles. The second-order valence-corrected chi connectivity index (χ2v) is 6.03. The molecule has 0 radical (unpaired) electrons. The predicted octanol–water partition coefficient (Wildman–Crippen LogP) is 5.00. The van der Waals surface area contributed by atoms with Crippen LogP contribution in [0.2, 0.25) is 0 Å². The van der Waals surface area contributed by atoms with Crippen LogP contribution in [0.1, 0.15) is 11.1 Å². The van der Waals surface area contributed by atoms with Crippen LogP contribution in [0.3, 0.4) is 0 Å². The summed E-state index contributed by atoms with van der Waals surface area (Å²) in [5.74, 6) is 1.06. The molecule has 122 valence electrons. The smallest absolute Gasteiger partial charge is 0.311 e. The lowest BCUT2D eigenvalue weighted by atomic mass is 10.1. The number of hydrogen-bond acceptors (Lipinski definition) is 5. The Bertz CT molecular complexity index is 930. The summed E-state index contributed by atoms with van der Waals surface area (Å²) in [7, 11) is 3.06. The van der Waals surface area contributed by atoms with E-state index in [2.05, 4.69) is 6.07 Å². The molecule has 3 rings (SSSR count). The molecule has 2 aromatic carbocycles. The molecule has 3 aromatic rings. The highest BCUT2D eigenvalue weighted by Crippen LogP contribution is 2.32. The van der Waals surface area contributed by atoms with E-state index in [0.717, 1.165) is 27.0 Å². The average Bonchev–Trinajstić information content (AvgIpc) is 3.07. The third-order valence-corrected chi connectivity index (χ3v) is 4.51. The standard InChI is InChI=1S/C18H15NO4S/c1-22-16-6-5-12(9-15(16)19(20)21)3-4-13-10-17(23-2)14-7-8-24-18(14)11-13/h3-11H,1-2H3/b4-3+. The third-order valence-electron chi connectivity index (χ3n) is 3.64. The van der Waals surface area contributed by atoms with Crippen LogP contribution in [0.4, 0.5) is 5.69 Å². The summed E-state index contributed by atoms with van der Waals surface area (Å²) in [6, 6.07) is 10.9. The summed E-state index contributed by atoms with van der Waals surface area (Å²) in [5, 5.41) is 14.2. The predicted molar refractivity (Wildman–Crippen MR) is 97.0 cm³/mol. The minimum absolute atomic E-state index is 0.0501. The van der Waals surface area contributed by atoms with Crippen molar-refractivity contribution in [2.45, 2.75) is 0 Å². The molecule has 1 aromatic heterocycles. The molecule has 24 heavy (non-hydrogen) atoms. The van der Waals surface area contributed by atoms with Gasteiger partial charge in [0, 0.05) is 16.2 Å². The van der Waals surface area contributed by atoms with Crippen LogP contribution in [0.15, 0.2) is 41.8 Å². The first-order valence-electron chi connectivity index (χ1n) is 7.18. The molecule has 0 aliphatic carbocycles. The molecule has 0 saturated heterocycles. The first-order chi connectivity index (χ1) is 11.6. The number of thiophene rings is 1. The normalized spacial score (nSPS) is 11.1. The number of rotatable bonds is 5. The van der Waals surface area contributed by atoms with Crippen LogP contribution in [-0.2, 0) is 0 Å². The molecule has 5 nitrogen and oxygen atoms in total. The number of ether oxygens (including phenoxy) is 2. The molecule has 0 spiro atoms. The molecule has 0 bridgehead atoms. The fourth-order valence-corrected chi connectivity index (χ4v) is 3.32. The number of nitro benzene ring substituents is 1. The van der Waals surface area contributed by atoms with Gasteiger partial charge in [-0.3, -0.25) is 10.1 Å². The molecule has 0 amide bonds. The van der Waals surface area contributed by atoms with E-state index in [9.17, 15) is 10.1 Å². The number of methoxy groups -OCH3 is 2. The Morgan fingerprint density at radius 3 is 2.46 bits per heavy atom. The molecule has 0 unspecified atom stereocenters. The fraction of sp³-hybridized carbons (Fsp3) is 0.111. The number of benzene rings is 2. The van der Waals surface area contributed by atoms with Crippen LogP contribution in [0.25, 0.3) is 22.2 Å². The lowest BCUT2D eigenvalue weighted by Crippen LogP contribution is -1.93. The lowest BCUT2D eigenvalue weighted by molar-refractivity contribution is -0.385. The van der Waals surface area contributed by atoms with Gasteiger partial charge in [0.1, 0.15) is 5.75 Å². The quantitative estimate of drug-likeness (QED) is 0.372. The van der Waals surface area contributed by atoms with Gasteiger partial charge in [-0.15, -0.1) is 11.3 Å². The van der Waals surface area contributed by atoms with E-state index < -0.39 is 4.92 Å². The van der Waals surface area contributed by atoms with Crippen molar-refractivity contribution in [1.82, 2.24) is 0 Å². The van der Waals surface area contributed by atoms with Crippen molar-refractivity contribution >= 4 is 39.3 Å². The van der Waals surface area contributed by atoms with Gasteiger partial charge < -0.3 is 9.47 Å². The van der Waals surface area contributed by atoms with Crippen LogP contribution in [0, 0.1) is 10.1 Å². The summed E-state index contributed by atoms with van der Waals surface area (Å²) in [6.07, 6.45) is 3.74. The second-order valence-electron chi connectivity index (χ2n) is 5.08. The molecule has 0 fully saturated rings. The summed E-state index contributed by atoms with van der Waals surface area (Å²) in [6.45, 7) is 0. The second kappa shape index (κ2) is 6.72. The van der Waals surface area contributed by atoms with Crippen molar-refractivity contribution in [2.24, 2.45) is 0 Å². The number of hydrogen-bond donors (Lipinski definition) is 0. The van der Waals surface area contributed by atoms with Crippen molar-refractivity contribution in [3.63, 3.8) is 0 Å². The molecule has 0 aliphatic rings. The lowest BCUT2D eigenvalue weighted by Gasteiger charge is -2.04. The molecule has 1 heterocycles. The molecule has 0 N–H and O–H groups in total. The molecular formula is C18H15NO4S. The van der Waals surface area contributed by atoms with Gasteiger partial charge in [0.25, 0.3) is 0 Å². The first-order valence-corrected chi connectivity index (χ1v) is 8.06. The summed E-state index contributed by atoms with van der Waals surface area (Å²) in [5.41, 5.74) is 1.65. The van der Waals surface area contributed by atoms with E-state index in [0.29, 0.717) is 0 Å². The fourth-order valence-electron chi connectivity index (χ4n) is 2.47. The van der Waals surface area contributed by atoms with Crippen LogP contribution < -0.4 is 9.47 Å². The van der Waals surface area contributed by atoms with Gasteiger partial charge in [0.05, 0.1) is 19.1 Å². The molecule has 0 saturated carbocycles. The maximum absolute atomic E-state index is 11.1. The van der Waals surface area contributed by atoms with Gasteiger partial charge in [-0.25, -0.2) is 0 Å². The van der Waals surface area contributed by atoms with Crippen LogP contribution in [0.5, 0.6) is 11.5 Å².